The molecular formula is C34H62N12O11. The van der Waals surface area contributed by atoms with E-state index in [1.165, 1.54) is 0 Å². The van der Waals surface area contributed by atoms with Crippen LogP contribution in [0.15, 0.2) is 4.99 Å². The molecule has 23 heteroatoms. The van der Waals surface area contributed by atoms with Crippen molar-refractivity contribution in [2.45, 2.75) is 110 Å². The Labute approximate surface area is 331 Å². The number of rotatable bonds is 27. The molecule has 0 saturated carbocycles. The second-order valence-corrected chi connectivity index (χ2v) is 14.5. The van der Waals surface area contributed by atoms with Gasteiger partial charge in [0.25, 0.3) is 0 Å². The van der Waals surface area contributed by atoms with Crippen molar-refractivity contribution in [2.75, 3.05) is 26.2 Å². The lowest BCUT2D eigenvalue weighted by molar-refractivity contribution is -0.142. The molecule has 0 heterocycles. The first-order chi connectivity index (χ1) is 26.5. The minimum atomic E-state index is -1.66. The highest BCUT2D eigenvalue weighted by Crippen LogP contribution is 2.08. The Balaban J connectivity index is 5.92. The highest BCUT2D eigenvalue weighted by molar-refractivity contribution is 5.97. The van der Waals surface area contributed by atoms with Crippen LogP contribution in [-0.2, 0) is 43.2 Å². The minimum absolute atomic E-state index is 0.0244. The number of guanidine groups is 1. The number of aliphatic hydroxyl groups is 1. The van der Waals surface area contributed by atoms with Gasteiger partial charge in [-0.3, -0.25) is 43.3 Å². The van der Waals surface area contributed by atoms with Crippen molar-refractivity contribution < 1.29 is 53.4 Å². The van der Waals surface area contributed by atoms with Crippen LogP contribution in [-0.4, -0.2) is 132 Å². The largest absolute Gasteiger partial charge is 0.480 e. The fourth-order valence-corrected chi connectivity index (χ4v) is 4.96. The van der Waals surface area contributed by atoms with E-state index >= 15 is 0 Å². The Morgan fingerprint density at radius 1 is 0.596 bits per heavy atom. The predicted molar refractivity (Wildman–Crippen MR) is 206 cm³/mol. The molecule has 0 spiro atoms. The number of carbonyl (C=O) groups is 9. The summed E-state index contributed by atoms with van der Waals surface area (Å²) in [4.78, 5) is 118. The molecule has 0 aromatic carbocycles. The Hall–Kier alpha value is -5.58. The van der Waals surface area contributed by atoms with Crippen molar-refractivity contribution in [2.24, 2.45) is 45.7 Å². The monoisotopic (exact) mass is 814 g/mol. The summed E-state index contributed by atoms with van der Waals surface area (Å²) in [6.45, 7) is 8.27. The van der Waals surface area contributed by atoms with Gasteiger partial charge in [-0.1, -0.05) is 41.5 Å². The molecule has 324 valence electrons. The molecule has 0 aliphatic heterocycles. The van der Waals surface area contributed by atoms with E-state index in [4.69, 9.17) is 22.9 Å². The van der Waals surface area contributed by atoms with Gasteiger partial charge in [0.1, 0.15) is 30.2 Å². The zero-order valence-corrected chi connectivity index (χ0v) is 33.4. The van der Waals surface area contributed by atoms with Crippen LogP contribution in [0.3, 0.4) is 0 Å². The maximum Gasteiger partial charge on any atom is 0.326 e. The molecule has 0 bridgehead atoms. The predicted octanol–water partition coefficient (Wildman–Crippen LogP) is -5.28. The van der Waals surface area contributed by atoms with E-state index < -0.39 is 116 Å². The number of primary amides is 1. The first-order valence-corrected chi connectivity index (χ1v) is 18.5. The second kappa shape index (κ2) is 26.3. The van der Waals surface area contributed by atoms with Gasteiger partial charge in [-0.05, 0) is 43.4 Å². The van der Waals surface area contributed by atoms with Gasteiger partial charge in [0.05, 0.1) is 32.2 Å². The summed E-state index contributed by atoms with van der Waals surface area (Å²) in [5.74, 6) is -9.15. The van der Waals surface area contributed by atoms with E-state index in [0.717, 1.165) is 0 Å². The fraction of sp³-hybridized carbons (Fsp3) is 0.706. The van der Waals surface area contributed by atoms with Crippen LogP contribution >= 0.6 is 0 Å². The van der Waals surface area contributed by atoms with E-state index in [-0.39, 0.29) is 55.9 Å². The van der Waals surface area contributed by atoms with Gasteiger partial charge >= 0.3 is 5.97 Å². The molecule has 0 aliphatic rings. The summed E-state index contributed by atoms with van der Waals surface area (Å²) < 4.78 is 0. The molecule has 8 amide bonds. The van der Waals surface area contributed by atoms with Gasteiger partial charge in [0.2, 0.25) is 47.3 Å². The lowest BCUT2D eigenvalue weighted by Gasteiger charge is -2.26. The number of hydrogen-bond acceptors (Lipinski definition) is 12. The third-order valence-electron chi connectivity index (χ3n) is 8.00. The number of carbonyl (C=O) groups excluding carboxylic acids is 8. The molecule has 6 atom stereocenters. The van der Waals surface area contributed by atoms with E-state index in [2.05, 4.69) is 42.2 Å². The van der Waals surface area contributed by atoms with Gasteiger partial charge in [-0.25, -0.2) is 4.79 Å². The third-order valence-corrected chi connectivity index (χ3v) is 8.00. The lowest BCUT2D eigenvalue weighted by Crippen LogP contribution is -2.58. The molecule has 0 aromatic heterocycles. The summed E-state index contributed by atoms with van der Waals surface area (Å²) in [5, 5.41) is 35.4. The average molecular weight is 815 g/mol. The van der Waals surface area contributed by atoms with Crippen molar-refractivity contribution in [1.29, 1.82) is 0 Å². The summed E-state index contributed by atoms with van der Waals surface area (Å²) in [6.07, 6.45) is -0.537. The maximum atomic E-state index is 13.5. The zero-order valence-electron chi connectivity index (χ0n) is 33.4. The Kier molecular flexibility index (Phi) is 23.7. The molecule has 0 aliphatic carbocycles. The van der Waals surface area contributed by atoms with Crippen LogP contribution in [0.4, 0.5) is 0 Å². The standard InChI is InChI=1S/C34H62N12O11/c1-16(2)10-20(42-25(49)13-41-29(52)23(15-47)46-32(55)27(36)18(5)6)30(53)45-21(12-24(35)48)31(54)44-19(8-7-9-39-34(37)38)28(51)40-14-26(50)43-22(33(56)57)11-17(3)4/h16-23,27,47H,7-15,36H2,1-6H3,(H2,35,48)(H,40,51)(H,41,52)(H,42,49)(H,43,50)(H,44,54)(H,45,53)(H,46,55)(H,56,57)(H4,37,38,39)/t19-,20-,21-,22-,23-,27-/m0/s1. The van der Waals surface area contributed by atoms with Crippen molar-refractivity contribution in [3.8, 4) is 0 Å². The molecule has 57 heavy (non-hydrogen) atoms. The maximum absolute atomic E-state index is 13.5. The van der Waals surface area contributed by atoms with E-state index in [0.29, 0.717) is 0 Å². The number of nitrogens with two attached hydrogens (primary N) is 4. The van der Waals surface area contributed by atoms with Gasteiger partial charge in [-0.15, -0.1) is 0 Å². The molecule has 0 aromatic rings. The number of carboxylic acids is 1. The molecule has 23 nitrogen and oxygen atoms in total. The van der Waals surface area contributed by atoms with E-state index in [1.807, 2.05) is 0 Å². The zero-order chi connectivity index (χ0) is 44.0. The molecule has 0 fully saturated rings. The smallest absolute Gasteiger partial charge is 0.326 e. The summed E-state index contributed by atoms with van der Waals surface area (Å²) in [6, 6.07) is -7.93. The van der Waals surface area contributed by atoms with Crippen LogP contribution in [0.1, 0.15) is 73.6 Å². The minimum Gasteiger partial charge on any atom is -0.480 e. The molecule has 0 radical (unpaired) electrons. The second-order valence-electron chi connectivity index (χ2n) is 14.5. The lowest BCUT2D eigenvalue weighted by atomic mass is 10.0. The quantitative estimate of drug-likeness (QED) is 0.0209. The summed E-state index contributed by atoms with van der Waals surface area (Å²) >= 11 is 0. The highest BCUT2D eigenvalue weighted by atomic mass is 16.4. The number of aliphatic imine (C=N–C) groups is 1. The van der Waals surface area contributed by atoms with Crippen LogP contribution in [0.5, 0.6) is 0 Å². The average Bonchev–Trinajstić information content (AvgIpc) is 3.10. The topological polar surface area (TPSA) is 395 Å². The number of aliphatic hydroxyl groups excluding tert-OH is 1. The normalized spacial score (nSPS) is 14.2. The van der Waals surface area contributed by atoms with Crippen LogP contribution in [0.2, 0.25) is 0 Å². The number of nitrogens with one attached hydrogen (secondary N) is 7. The van der Waals surface area contributed by atoms with Crippen LogP contribution in [0.25, 0.3) is 0 Å². The molecular weight excluding hydrogens is 752 g/mol. The van der Waals surface area contributed by atoms with Crippen LogP contribution < -0.4 is 60.2 Å². The van der Waals surface area contributed by atoms with Crippen molar-refractivity contribution >= 4 is 59.2 Å². The molecule has 0 rings (SSSR count). The third kappa shape index (κ3) is 21.9. The van der Waals surface area contributed by atoms with Gasteiger partial charge in [0.15, 0.2) is 5.96 Å². The van der Waals surface area contributed by atoms with Crippen molar-refractivity contribution in [3.05, 3.63) is 0 Å². The first-order valence-electron chi connectivity index (χ1n) is 18.5. The number of hydrogen-bond donors (Lipinski definition) is 13. The highest BCUT2D eigenvalue weighted by Gasteiger charge is 2.32. The SMILES string of the molecule is CC(C)C[C@H](NC(=O)CNC(=O)[C@H](CCCN=C(N)N)NC(=O)[C@H](CC(N)=O)NC(=O)[C@H](CC(C)C)NC(=O)CNC(=O)[C@H](CO)NC(=O)[C@@H](N)C(C)C)C(=O)O. The summed E-state index contributed by atoms with van der Waals surface area (Å²) in [5.41, 5.74) is 21.9. The van der Waals surface area contributed by atoms with Gasteiger partial charge < -0.3 is 70.4 Å². The Morgan fingerprint density at radius 2 is 1.05 bits per heavy atom. The molecule has 0 unspecified atom stereocenters. The first kappa shape index (κ1) is 51.4. The van der Waals surface area contributed by atoms with Crippen molar-refractivity contribution in [3.63, 3.8) is 0 Å². The number of aliphatic carboxylic acids is 1. The molecule has 17 N–H and O–H groups in total. The number of carboxylic acid groups (broad SMARTS) is 1. The Bertz CT molecular complexity index is 1440. The number of amides is 8. The van der Waals surface area contributed by atoms with Crippen LogP contribution in [0, 0.1) is 17.8 Å². The fourth-order valence-electron chi connectivity index (χ4n) is 4.96. The van der Waals surface area contributed by atoms with E-state index in [9.17, 15) is 53.4 Å². The summed E-state index contributed by atoms with van der Waals surface area (Å²) in [7, 11) is 0. The van der Waals surface area contributed by atoms with E-state index in [1.54, 1.807) is 41.5 Å². The van der Waals surface area contributed by atoms with Gasteiger partial charge in [-0.2, -0.15) is 0 Å². The molecule has 0 saturated heterocycles. The Morgan fingerprint density at radius 3 is 1.51 bits per heavy atom. The van der Waals surface area contributed by atoms with Crippen molar-refractivity contribution in [1.82, 2.24) is 37.2 Å². The number of nitrogens with zero attached hydrogens (tertiary/aromatic N) is 1. The van der Waals surface area contributed by atoms with Gasteiger partial charge in [0, 0.05) is 6.54 Å².